The Kier molecular flexibility index (Phi) is 3.64. The summed E-state index contributed by atoms with van der Waals surface area (Å²) in [6.45, 7) is 5.97. The molecule has 0 aliphatic carbocycles. The summed E-state index contributed by atoms with van der Waals surface area (Å²) < 4.78 is 7.40. The van der Waals surface area contributed by atoms with Crippen LogP contribution in [-0.2, 0) is 13.0 Å². The van der Waals surface area contributed by atoms with Gasteiger partial charge in [-0.25, -0.2) is 4.98 Å². The molecule has 4 nitrogen and oxygen atoms in total. The minimum Gasteiger partial charge on any atom is -0.497 e. The molecule has 0 saturated heterocycles. The van der Waals surface area contributed by atoms with Crippen LogP contribution in [-0.4, -0.2) is 23.0 Å². The quantitative estimate of drug-likeness (QED) is 0.858. The van der Waals surface area contributed by atoms with Crippen LogP contribution in [0.25, 0.3) is 5.52 Å². The zero-order chi connectivity index (χ0) is 12.3. The Morgan fingerprint density at radius 3 is 2.88 bits per heavy atom. The third kappa shape index (κ3) is 2.26. The van der Waals surface area contributed by atoms with Crippen LogP contribution in [0.1, 0.15) is 25.4 Å². The predicted octanol–water partition coefficient (Wildman–Crippen LogP) is 2.01. The van der Waals surface area contributed by atoms with Gasteiger partial charge in [0.2, 0.25) is 0 Å². The van der Waals surface area contributed by atoms with Gasteiger partial charge in [-0.2, -0.15) is 0 Å². The highest BCUT2D eigenvalue weighted by Gasteiger charge is 2.09. The first-order valence-electron chi connectivity index (χ1n) is 6.04. The maximum Gasteiger partial charge on any atom is 0.122 e. The monoisotopic (exact) mass is 233 g/mol. The number of fused-ring (bicyclic) bond motifs is 1. The normalized spacial score (nSPS) is 11.0. The fourth-order valence-corrected chi connectivity index (χ4v) is 1.94. The van der Waals surface area contributed by atoms with Crippen molar-refractivity contribution in [1.29, 1.82) is 0 Å². The van der Waals surface area contributed by atoms with E-state index in [-0.39, 0.29) is 0 Å². The number of rotatable bonds is 5. The second kappa shape index (κ2) is 5.19. The Hall–Kier alpha value is -1.55. The maximum absolute atomic E-state index is 5.26. The number of aryl methyl sites for hydroxylation is 1. The SMILES string of the molecule is CCNCc1nc(CC)n2ccc(OC)cc12. The van der Waals surface area contributed by atoms with E-state index in [0.717, 1.165) is 42.3 Å². The first-order valence-corrected chi connectivity index (χ1v) is 6.04. The lowest BCUT2D eigenvalue weighted by molar-refractivity contribution is 0.414. The largest absolute Gasteiger partial charge is 0.497 e. The second-order valence-corrected chi connectivity index (χ2v) is 3.93. The zero-order valence-electron chi connectivity index (χ0n) is 10.7. The first-order chi connectivity index (χ1) is 8.30. The van der Waals surface area contributed by atoms with Crippen molar-refractivity contribution in [2.75, 3.05) is 13.7 Å². The standard InChI is InChI=1S/C13H19N3O/c1-4-13-15-11(9-14-5-2)12-8-10(17-3)6-7-16(12)13/h6-8,14H,4-5,9H2,1-3H3. The number of imidazole rings is 1. The van der Waals surface area contributed by atoms with Crippen molar-refractivity contribution in [2.45, 2.75) is 26.8 Å². The smallest absolute Gasteiger partial charge is 0.122 e. The van der Waals surface area contributed by atoms with Gasteiger partial charge in [0.25, 0.3) is 0 Å². The Bertz CT molecular complexity index is 505. The number of pyridine rings is 1. The summed E-state index contributed by atoms with van der Waals surface area (Å²) in [5, 5.41) is 3.31. The van der Waals surface area contributed by atoms with Gasteiger partial charge < -0.3 is 14.5 Å². The molecule has 0 aliphatic heterocycles. The average Bonchev–Trinajstić information content (AvgIpc) is 2.73. The summed E-state index contributed by atoms with van der Waals surface area (Å²) in [6.07, 6.45) is 2.95. The van der Waals surface area contributed by atoms with E-state index in [2.05, 4.69) is 28.5 Å². The summed E-state index contributed by atoms with van der Waals surface area (Å²) in [7, 11) is 1.69. The van der Waals surface area contributed by atoms with Gasteiger partial charge in [-0.3, -0.25) is 0 Å². The lowest BCUT2D eigenvalue weighted by Gasteiger charge is -2.03. The van der Waals surface area contributed by atoms with Crippen molar-refractivity contribution in [3.05, 3.63) is 29.8 Å². The molecule has 0 bridgehead atoms. The summed E-state index contributed by atoms with van der Waals surface area (Å²) >= 11 is 0. The topological polar surface area (TPSA) is 38.6 Å². The van der Waals surface area contributed by atoms with Crippen molar-refractivity contribution in [3.63, 3.8) is 0 Å². The van der Waals surface area contributed by atoms with Crippen molar-refractivity contribution >= 4 is 5.52 Å². The molecule has 2 aromatic rings. The average molecular weight is 233 g/mol. The van der Waals surface area contributed by atoms with E-state index in [0.29, 0.717) is 0 Å². The van der Waals surface area contributed by atoms with E-state index in [1.165, 1.54) is 0 Å². The highest BCUT2D eigenvalue weighted by atomic mass is 16.5. The van der Waals surface area contributed by atoms with Crippen LogP contribution in [0.15, 0.2) is 18.3 Å². The van der Waals surface area contributed by atoms with E-state index in [9.17, 15) is 0 Å². The van der Waals surface area contributed by atoms with Crippen LogP contribution in [0.3, 0.4) is 0 Å². The molecule has 0 amide bonds. The molecule has 0 fully saturated rings. The van der Waals surface area contributed by atoms with Crippen LogP contribution in [0.5, 0.6) is 5.75 Å². The molecule has 2 aromatic heterocycles. The van der Waals surface area contributed by atoms with Crippen LogP contribution < -0.4 is 10.1 Å². The number of nitrogens with zero attached hydrogens (tertiary/aromatic N) is 2. The highest BCUT2D eigenvalue weighted by molar-refractivity contribution is 5.56. The minimum atomic E-state index is 0.799. The van der Waals surface area contributed by atoms with Gasteiger partial charge in [-0.05, 0) is 12.6 Å². The fraction of sp³-hybridized carbons (Fsp3) is 0.462. The predicted molar refractivity (Wildman–Crippen MR) is 68.5 cm³/mol. The molecule has 17 heavy (non-hydrogen) atoms. The van der Waals surface area contributed by atoms with E-state index in [4.69, 9.17) is 4.74 Å². The molecule has 92 valence electrons. The molecule has 0 spiro atoms. The van der Waals surface area contributed by atoms with Crippen molar-refractivity contribution in [1.82, 2.24) is 14.7 Å². The molecule has 0 aromatic carbocycles. The van der Waals surface area contributed by atoms with Crippen LogP contribution in [0.4, 0.5) is 0 Å². The number of aromatic nitrogens is 2. The molecular formula is C13H19N3O. The lowest BCUT2D eigenvalue weighted by Crippen LogP contribution is -2.12. The van der Waals surface area contributed by atoms with Crippen molar-refractivity contribution in [2.24, 2.45) is 0 Å². The van der Waals surface area contributed by atoms with Gasteiger partial charge in [0.05, 0.1) is 18.3 Å². The Morgan fingerprint density at radius 1 is 1.41 bits per heavy atom. The molecule has 0 atom stereocenters. The molecule has 0 radical (unpaired) electrons. The van der Waals surface area contributed by atoms with Gasteiger partial charge in [-0.1, -0.05) is 13.8 Å². The van der Waals surface area contributed by atoms with Gasteiger partial charge in [0, 0.05) is 25.2 Å². The van der Waals surface area contributed by atoms with E-state index in [1.54, 1.807) is 7.11 Å². The van der Waals surface area contributed by atoms with Gasteiger partial charge in [0.1, 0.15) is 11.6 Å². The highest BCUT2D eigenvalue weighted by Crippen LogP contribution is 2.19. The zero-order valence-corrected chi connectivity index (χ0v) is 10.7. The summed E-state index contributed by atoms with van der Waals surface area (Å²) in [4.78, 5) is 4.67. The molecule has 0 saturated carbocycles. The number of ether oxygens (including phenoxy) is 1. The van der Waals surface area contributed by atoms with Crippen molar-refractivity contribution < 1.29 is 4.74 Å². The summed E-state index contributed by atoms with van der Waals surface area (Å²) in [6, 6.07) is 4.00. The van der Waals surface area contributed by atoms with Crippen LogP contribution in [0, 0.1) is 0 Å². The van der Waals surface area contributed by atoms with Crippen LogP contribution in [0.2, 0.25) is 0 Å². The number of nitrogens with one attached hydrogen (secondary N) is 1. The van der Waals surface area contributed by atoms with Gasteiger partial charge in [0.15, 0.2) is 0 Å². The third-order valence-electron chi connectivity index (χ3n) is 2.86. The van der Waals surface area contributed by atoms with Crippen LogP contribution >= 0.6 is 0 Å². The maximum atomic E-state index is 5.26. The fourth-order valence-electron chi connectivity index (χ4n) is 1.94. The van der Waals surface area contributed by atoms with E-state index in [1.807, 2.05) is 18.3 Å². The Labute approximate surface area is 102 Å². The van der Waals surface area contributed by atoms with E-state index < -0.39 is 0 Å². The Balaban J connectivity index is 2.49. The second-order valence-electron chi connectivity index (χ2n) is 3.93. The molecule has 2 rings (SSSR count). The Morgan fingerprint density at radius 2 is 2.24 bits per heavy atom. The number of hydrogen-bond donors (Lipinski definition) is 1. The third-order valence-corrected chi connectivity index (χ3v) is 2.86. The van der Waals surface area contributed by atoms with Gasteiger partial charge in [-0.15, -0.1) is 0 Å². The number of methoxy groups -OCH3 is 1. The molecule has 2 heterocycles. The number of hydrogen-bond acceptors (Lipinski definition) is 3. The minimum absolute atomic E-state index is 0.799. The molecule has 4 heteroatoms. The molecule has 1 N–H and O–H groups in total. The van der Waals surface area contributed by atoms with E-state index >= 15 is 0 Å². The van der Waals surface area contributed by atoms with Gasteiger partial charge >= 0.3 is 0 Å². The molecular weight excluding hydrogens is 214 g/mol. The lowest BCUT2D eigenvalue weighted by atomic mass is 10.3. The van der Waals surface area contributed by atoms with Crippen molar-refractivity contribution in [3.8, 4) is 5.75 Å². The molecule has 0 unspecified atom stereocenters. The first kappa shape index (κ1) is 11.9. The molecule has 0 aliphatic rings. The summed E-state index contributed by atoms with van der Waals surface area (Å²) in [5.74, 6) is 1.97. The summed E-state index contributed by atoms with van der Waals surface area (Å²) in [5.41, 5.74) is 2.21.